The molecule has 10 heteroatoms. The molecule has 2 aromatic heterocycles. The van der Waals surface area contributed by atoms with Crippen LogP contribution in [0.1, 0.15) is 21.8 Å². The first-order chi connectivity index (χ1) is 11.8. The molecule has 0 saturated heterocycles. The van der Waals surface area contributed by atoms with E-state index in [9.17, 15) is 13.2 Å². The minimum Gasteiger partial charge on any atom is -0.452 e. The van der Waals surface area contributed by atoms with E-state index >= 15 is 0 Å². The third-order valence-corrected chi connectivity index (χ3v) is 5.58. The molecular formula is C15H13N3O5S2. The lowest BCUT2D eigenvalue weighted by atomic mass is 10.1. The number of ether oxygens (including phenoxy) is 1. The van der Waals surface area contributed by atoms with E-state index < -0.39 is 16.0 Å². The number of sulfonamides is 1. The van der Waals surface area contributed by atoms with Crippen LogP contribution in [0.25, 0.3) is 11.4 Å². The summed E-state index contributed by atoms with van der Waals surface area (Å²) in [6.45, 7) is 1.74. The Bertz CT molecular complexity index is 1010. The van der Waals surface area contributed by atoms with Gasteiger partial charge in [-0.25, -0.2) is 18.4 Å². The van der Waals surface area contributed by atoms with E-state index in [0.29, 0.717) is 5.82 Å². The molecule has 0 amide bonds. The van der Waals surface area contributed by atoms with Gasteiger partial charge in [-0.3, -0.25) is 0 Å². The number of primary sulfonamides is 1. The Morgan fingerprint density at radius 2 is 2.04 bits per heavy atom. The Hall–Kier alpha value is -2.56. The molecule has 0 bridgehead atoms. The van der Waals surface area contributed by atoms with Crippen LogP contribution in [0.15, 0.2) is 44.4 Å². The standard InChI is InChI=1S/C15H13N3O5S2/c1-9-2-4-10(5-3-9)14-17-12(23-18-14)7-22-15(19)11-6-13(24-8-11)25(16,20)21/h2-6,8H,7H2,1H3,(H2,16,20,21). The molecule has 0 atom stereocenters. The monoisotopic (exact) mass is 379 g/mol. The molecule has 0 radical (unpaired) electrons. The highest BCUT2D eigenvalue weighted by atomic mass is 32.2. The van der Waals surface area contributed by atoms with Gasteiger partial charge < -0.3 is 9.26 Å². The highest BCUT2D eigenvalue weighted by Gasteiger charge is 2.17. The molecule has 130 valence electrons. The number of hydrogen-bond acceptors (Lipinski definition) is 8. The van der Waals surface area contributed by atoms with Crippen molar-refractivity contribution in [3.8, 4) is 11.4 Å². The van der Waals surface area contributed by atoms with Crippen LogP contribution in [0.3, 0.4) is 0 Å². The number of aromatic nitrogens is 2. The molecule has 1 aromatic carbocycles. The molecule has 0 spiro atoms. The molecule has 3 aromatic rings. The van der Waals surface area contributed by atoms with Gasteiger partial charge in [0.1, 0.15) is 4.21 Å². The molecular weight excluding hydrogens is 366 g/mol. The fourth-order valence-corrected chi connectivity index (χ4v) is 3.49. The maximum Gasteiger partial charge on any atom is 0.339 e. The van der Waals surface area contributed by atoms with Crippen molar-refractivity contribution in [2.24, 2.45) is 5.14 Å². The smallest absolute Gasteiger partial charge is 0.339 e. The molecule has 0 saturated carbocycles. The van der Waals surface area contributed by atoms with Gasteiger partial charge in [0, 0.05) is 10.9 Å². The van der Waals surface area contributed by atoms with Crippen molar-refractivity contribution in [1.29, 1.82) is 0 Å². The first kappa shape index (κ1) is 17.3. The second-order valence-electron chi connectivity index (χ2n) is 5.15. The molecule has 25 heavy (non-hydrogen) atoms. The molecule has 0 aliphatic rings. The molecule has 2 heterocycles. The Morgan fingerprint density at radius 1 is 1.32 bits per heavy atom. The maximum absolute atomic E-state index is 11.9. The average molecular weight is 379 g/mol. The van der Waals surface area contributed by atoms with Gasteiger partial charge in [-0.1, -0.05) is 35.0 Å². The zero-order valence-corrected chi connectivity index (χ0v) is 14.6. The predicted molar refractivity (Wildman–Crippen MR) is 89.3 cm³/mol. The first-order valence-corrected chi connectivity index (χ1v) is 9.43. The predicted octanol–water partition coefficient (Wildman–Crippen LogP) is 2.11. The molecule has 0 unspecified atom stereocenters. The quantitative estimate of drug-likeness (QED) is 0.673. The lowest BCUT2D eigenvalue weighted by molar-refractivity contribution is 0.0430. The second-order valence-corrected chi connectivity index (χ2v) is 7.85. The molecule has 0 aliphatic carbocycles. The number of rotatable bonds is 5. The van der Waals surface area contributed by atoms with Crippen LogP contribution in [0.4, 0.5) is 0 Å². The van der Waals surface area contributed by atoms with E-state index in [0.717, 1.165) is 28.5 Å². The summed E-state index contributed by atoms with van der Waals surface area (Å²) in [5.41, 5.74) is 1.98. The summed E-state index contributed by atoms with van der Waals surface area (Å²) in [5, 5.41) is 10.2. The lowest BCUT2D eigenvalue weighted by Crippen LogP contribution is -2.10. The second kappa shape index (κ2) is 6.75. The Morgan fingerprint density at radius 3 is 2.68 bits per heavy atom. The highest BCUT2D eigenvalue weighted by molar-refractivity contribution is 7.91. The third-order valence-electron chi connectivity index (χ3n) is 3.20. The van der Waals surface area contributed by atoms with Crippen molar-refractivity contribution < 1.29 is 22.5 Å². The van der Waals surface area contributed by atoms with Crippen molar-refractivity contribution in [3.63, 3.8) is 0 Å². The van der Waals surface area contributed by atoms with Crippen molar-refractivity contribution >= 4 is 27.3 Å². The summed E-state index contributed by atoms with van der Waals surface area (Å²) in [7, 11) is -3.84. The summed E-state index contributed by atoms with van der Waals surface area (Å²) in [6, 6.07) is 8.72. The number of esters is 1. The lowest BCUT2D eigenvalue weighted by Gasteiger charge is -1.98. The molecule has 8 nitrogen and oxygen atoms in total. The Balaban J connectivity index is 1.65. The van der Waals surface area contributed by atoms with Gasteiger partial charge in [0.25, 0.3) is 5.89 Å². The molecule has 0 fully saturated rings. The van der Waals surface area contributed by atoms with Crippen LogP contribution < -0.4 is 5.14 Å². The van der Waals surface area contributed by atoms with Crippen LogP contribution in [0.5, 0.6) is 0 Å². The Labute approximate surface area is 147 Å². The number of carbonyl (C=O) groups is 1. The SMILES string of the molecule is Cc1ccc(-c2noc(COC(=O)c3csc(S(N)(=O)=O)c3)n2)cc1. The van der Waals surface area contributed by atoms with Gasteiger partial charge in [0.15, 0.2) is 6.61 Å². The van der Waals surface area contributed by atoms with Crippen LogP contribution >= 0.6 is 11.3 Å². The van der Waals surface area contributed by atoms with E-state index in [2.05, 4.69) is 10.1 Å². The van der Waals surface area contributed by atoms with Gasteiger partial charge >= 0.3 is 5.97 Å². The average Bonchev–Trinajstić information content (AvgIpc) is 3.22. The number of nitrogens with zero attached hydrogens (tertiary/aromatic N) is 2. The van der Waals surface area contributed by atoms with Gasteiger partial charge in [0.2, 0.25) is 15.8 Å². The fourth-order valence-electron chi connectivity index (χ4n) is 1.92. The van der Waals surface area contributed by atoms with Crippen LogP contribution in [0, 0.1) is 6.92 Å². The molecule has 3 rings (SSSR count). The zero-order valence-electron chi connectivity index (χ0n) is 13.0. The van der Waals surface area contributed by atoms with Gasteiger partial charge in [0.05, 0.1) is 5.56 Å². The minimum absolute atomic E-state index is 0.0901. The van der Waals surface area contributed by atoms with Gasteiger partial charge in [-0.15, -0.1) is 11.3 Å². The summed E-state index contributed by atoms with van der Waals surface area (Å²) in [5.74, 6) is -0.190. The van der Waals surface area contributed by atoms with E-state index in [4.69, 9.17) is 14.4 Å². The van der Waals surface area contributed by atoms with Gasteiger partial charge in [-0.05, 0) is 13.0 Å². The first-order valence-electron chi connectivity index (χ1n) is 7.01. The zero-order chi connectivity index (χ0) is 18.0. The van der Waals surface area contributed by atoms with E-state index in [1.165, 1.54) is 5.38 Å². The van der Waals surface area contributed by atoms with E-state index in [1.54, 1.807) is 0 Å². The third kappa shape index (κ3) is 4.10. The van der Waals surface area contributed by atoms with Crippen molar-refractivity contribution in [2.75, 3.05) is 0 Å². The largest absolute Gasteiger partial charge is 0.452 e. The highest BCUT2D eigenvalue weighted by Crippen LogP contribution is 2.20. The summed E-state index contributed by atoms with van der Waals surface area (Å²) in [4.78, 5) is 16.1. The van der Waals surface area contributed by atoms with E-state index in [1.807, 2.05) is 31.2 Å². The van der Waals surface area contributed by atoms with Crippen LogP contribution in [0.2, 0.25) is 0 Å². The fraction of sp³-hybridized carbons (Fsp3) is 0.133. The van der Waals surface area contributed by atoms with Crippen molar-refractivity contribution in [1.82, 2.24) is 10.1 Å². The summed E-state index contributed by atoms with van der Waals surface area (Å²) in [6.07, 6.45) is 0. The van der Waals surface area contributed by atoms with Gasteiger partial charge in [-0.2, -0.15) is 4.98 Å². The molecule has 2 N–H and O–H groups in total. The van der Waals surface area contributed by atoms with Crippen LogP contribution in [-0.4, -0.2) is 24.5 Å². The van der Waals surface area contributed by atoms with Crippen molar-refractivity contribution in [2.45, 2.75) is 17.7 Å². The van der Waals surface area contributed by atoms with Crippen molar-refractivity contribution in [3.05, 3.63) is 52.7 Å². The van der Waals surface area contributed by atoms with Crippen LogP contribution in [-0.2, 0) is 21.4 Å². The number of aryl methyl sites for hydroxylation is 1. The number of hydrogen-bond donors (Lipinski definition) is 1. The summed E-state index contributed by atoms with van der Waals surface area (Å²) < 4.78 is 32.4. The molecule has 0 aliphatic heterocycles. The normalized spacial score (nSPS) is 11.4. The number of thiophene rings is 1. The number of carbonyl (C=O) groups excluding carboxylic acids is 1. The summed E-state index contributed by atoms with van der Waals surface area (Å²) >= 11 is 0.844. The minimum atomic E-state index is -3.84. The maximum atomic E-state index is 11.9. The Kier molecular flexibility index (Phi) is 4.66. The number of benzene rings is 1. The van der Waals surface area contributed by atoms with E-state index in [-0.39, 0.29) is 22.3 Å². The topological polar surface area (TPSA) is 125 Å². The number of nitrogens with two attached hydrogens (primary N) is 1.